The van der Waals surface area contributed by atoms with Crippen molar-refractivity contribution in [1.29, 1.82) is 0 Å². The van der Waals surface area contributed by atoms with Crippen LogP contribution in [0.1, 0.15) is 20.3 Å². The Morgan fingerprint density at radius 2 is 2.25 bits per heavy atom. The Kier molecular flexibility index (Phi) is 4.79. The average molecular weight is 337 g/mol. The summed E-state index contributed by atoms with van der Waals surface area (Å²) in [4.78, 5) is 8.05. The van der Waals surface area contributed by atoms with E-state index in [-0.39, 0.29) is 12.1 Å². The fourth-order valence-corrected chi connectivity index (χ4v) is 1.86. The molecule has 0 fully saturated rings. The molecule has 20 heavy (non-hydrogen) atoms. The molecular weight excluding hydrogens is 320 g/mol. The highest BCUT2D eigenvalue weighted by molar-refractivity contribution is 9.10. The molecular formula is C14H17BrN4O. The van der Waals surface area contributed by atoms with Crippen molar-refractivity contribution in [2.75, 3.05) is 11.1 Å². The van der Waals surface area contributed by atoms with E-state index < -0.39 is 0 Å². The Bertz CT molecular complexity index is 591. The molecule has 5 nitrogen and oxygen atoms in total. The molecule has 3 N–H and O–H groups in total. The quantitative estimate of drug-likeness (QED) is 0.869. The number of nitrogens with two attached hydrogens (primary N) is 1. The average Bonchev–Trinajstić information content (AvgIpc) is 2.43. The highest BCUT2D eigenvalue weighted by atomic mass is 79.9. The van der Waals surface area contributed by atoms with E-state index in [2.05, 4.69) is 38.1 Å². The lowest BCUT2D eigenvalue weighted by Gasteiger charge is -2.14. The Labute approximate surface area is 126 Å². The van der Waals surface area contributed by atoms with E-state index in [1.54, 1.807) is 6.20 Å². The number of benzene rings is 1. The van der Waals surface area contributed by atoms with Gasteiger partial charge in [0.05, 0.1) is 10.6 Å². The number of aromatic nitrogens is 2. The van der Waals surface area contributed by atoms with Gasteiger partial charge in [-0.3, -0.25) is 0 Å². The maximum absolute atomic E-state index is 5.79. The number of halogens is 1. The second kappa shape index (κ2) is 6.56. The molecule has 0 radical (unpaired) electrons. The molecule has 1 unspecified atom stereocenters. The normalized spacial score (nSPS) is 11.9. The van der Waals surface area contributed by atoms with Gasteiger partial charge < -0.3 is 15.8 Å². The topological polar surface area (TPSA) is 73.1 Å². The van der Waals surface area contributed by atoms with Crippen molar-refractivity contribution in [2.24, 2.45) is 0 Å². The highest BCUT2D eigenvalue weighted by Gasteiger charge is 2.06. The van der Waals surface area contributed by atoms with Crippen LogP contribution in [0.2, 0.25) is 0 Å². The summed E-state index contributed by atoms with van der Waals surface area (Å²) < 4.78 is 6.54. The van der Waals surface area contributed by atoms with E-state index in [1.807, 2.05) is 31.2 Å². The van der Waals surface area contributed by atoms with Crippen LogP contribution in [-0.2, 0) is 0 Å². The molecule has 0 saturated heterocycles. The Morgan fingerprint density at radius 3 is 3.00 bits per heavy atom. The Balaban J connectivity index is 2.17. The number of nitrogens with one attached hydrogen (secondary N) is 1. The van der Waals surface area contributed by atoms with Crippen molar-refractivity contribution in [3.05, 3.63) is 34.9 Å². The molecule has 0 aliphatic heterocycles. The van der Waals surface area contributed by atoms with Crippen molar-refractivity contribution >= 4 is 33.4 Å². The van der Waals surface area contributed by atoms with Gasteiger partial charge in [-0.25, -0.2) is 4.98 Å². The molecule has 1 aromatic heterocycles. The van der Waals surface area contributed by atoms with Crippen LogP contribution in [0.3, 0.4) is 0 Å². The van der Waals surface area contributed by atoms with Gasteiger partial charge in [0.25, 0.3) is 0 Å². The van der Waals surface area contributed by atoms with Gasteiger partial charge in [0, 0.05) is 18.0 Å². The lowest BCUT2D eigenvalue weighted by molar-refractivity contribution is 0.217. The van der Waals surface area contributed by atoms with Crippen LogP contribution in [0.15, 0.2) is 34.9 Å². The molecule has 0 aliphatic carbocycles. The second-order valence-electron chi connectivity index (χ2n) is 4.41. The first-order valence-electron chi connectivity index (χ1n) is 6.40. The van der Waals surface area contributed by atoms with Gasteiger partial charge in [0.2, 0.25) is 5.95 Å². The first-order chi connectivity index (χ1) is 9.58. The van der Waals surface area contributed by atoms with Crippen molar-refractivity contribution in [1.82, 2.24) is 9.97 Å². The summed E-state index contributed by atoms with van der Waals surface area (Å²) in [5.74, 6) is 1.67. The molecule has 6 heteroatoms. The minimum Gasteiger partial charge on any atom is -0.491 e. The third-order valence-electron chi connectivity index (χ3n) is 2.77. The van der Waals surface area contributed by atoms with Gasteiger partial charge >= 0.3 is 0 Å². The molecule has 0 amide bonds. The van der Waals surface area contributed by atoms with Crippen molar-refractivity contribution in [3.63, 3.8) is 0 Å². The van der Waals surface area contributed by atoms with Crippen LogP contribution in [0.4, 0.5) is 17.5 Å². The van der Waals surface area contributed by atoms with E-state index in [4.69, 9.17) is 10.5 Å². The van der Waals surface area contributed by atoms with Crippen molar-refractivity contribution in [2.45, 2.75) is 26.4 Å². The summed E-state index contributed by atoms with van der Waals surface area (Å²) in [5, 5.41) is 3.19. The fourth-order valence-electron chi connectivity index (χ4n) is 1.57. The van der Waals surface area contributed by atoms with Crippen molar-refractivity contribution < 1.29 is 4.74 Å². The lowest BCUT2D eigenvalue weighted by atomic mass is 10.2. The molecule has 0 bridgehead atoms. The van der Waals surface area contributed by atoms with Crippen LogP contribution in [0.5, 0.6) is 5.75 Å². The maximum Gasteiger partial charge on any atom is 0.222 e. The zero-order chi connectivity index (χ0) is 14.5. The molecule has 0 saturated carbocycles. The van der Waals surface area contributed by atoms with Crippen LogP contribution in [0.25, 0.3) is 0 Å². The monoisotopic (exact) mass is 336 g/mol. The van der Waals surface area contributed by atoms with Gasteiger partial charge in [-0.05, 0) is 41.4 Å². The smallest absolute Gasteiger partial charge is 0.222 e. The van der Waals surface area contributed by atoms with Crippen LogP contribution >= 0.6 is 15.9 Å². The summed E-state index contributed by atoms with van der Waals surface area (Å²) in [6, 6.07) is 7.73. The molecule has 1 atom stereocenters. The first kappa shape index (κ1) is 14.6. The number of hydrogen-bond donors (Lipinski definition) is 2. The zero-order valence-electron chi connectivity index (χ0n) is 11.4. The number of nitrogens with zero attached hydrogens (tertiary/aromatic N) is 2. The van der Waals surface area contributed by atoms with E-state index in [9.17, 15) is 0 Å². The Hall–Kier alpha value is -1.82. The largest absolute Gasteiger partial charge is 0.491 e. The van der Waals surface area contributed by atoms with E-state index in [1.165, 1.54) is 0 Å². The summed E-state index contributed by atoms with van der Waals surface area (Å²) in [6.45, 7) is 4.13. The van der Waals surface area contributed by atoms with Gasteiger partial charge in [-0.15, -0.1) is 0 Å². The second-order valence-corrected chi connectivity index (χ2v) is 5.27. The first-order valence-corrected chi connectivity index (χ1v) is 7.19. The maximum atomic E-state index is 5.79. The van der Waals surface area contributed by atoms with E-state index in [0.29, 0.717) is 5.82 Å². The van der Waals surface area contributed by atoms with Gasteiger partial charge in [-0.2, -0.15) is 4.98 Å². The molecule has 1 heterocycles. The van der Waals surface area contributed by atoms with Crippen LogP contribution in [0, 0.1) is 0 Å². The minimum atomic E-state index is 0.187. The highest BCUT2D eigenvalue weighted by Crippen LogP contribution is 2.26. The predicted octanol–water partition coefficient (Wildman–Crippen LogP) is 3.74. The number of anilines is 3. The van der Waals surface area contributed by atoms with Crippen molar-refractivity contribution in [3.8, 4) is 5.75 Å². The van der Waals surface area contributed by atoms with Gasteiger partial charge in [0.15, 0.2) is 0 Å². The third-order valence-corrected chi connectivity index (χ3v) is 3.35. The molecule has 2 rings (SSSR count). The van der Waals surface area contributed by atoms with Crippen LogP contribution < -0.4 is 15.8 Å². The summed E-state index contributed by atoms with van der Waals surface area (Å²) >= 11 is 3.38. The molecule has 106 valence electrons. The third kappa shape index (κ3) is 3.84. The number of rotatable bonds is 5. The molecule has 1 aromatic carbocycles. The van der Waals surface area contributed by atoms with Gasteiger partial charge in [0.1, 0.15) is 11.6 Å². The summed E-state index contributed by atoms with van der Waals surface area (Å²) in [7, 11) is 0. The fraction of sp³-hybridized carbons (Fsp3) is 0.286. The number of ether oxygens (including phenoxy) is 1. The minimum absolute atomic E-state index is 0.187. The number of nitrogen functional groups attached to an aromatic ring is 1. The lowest BCUT2D eigenvalue weighted by Crippen LogP contribution is -2.09. The summed E-state index contributed by atoms with van der Waals surface area (Å²) in [5.41, 5.74) is 6.47. The Morgan fingerprint density at radius 1 is 1.45 bits per heavy atom. The SMILES string of the molecule is CCC(C)Oc1cccc(Nc2nc(N)ncc2Br)c1. The van der Waals surface area contributed by atoms with Crippen LogP contribution in [-0.4, -0.2) is 16.1 Å². The molecule has 0 spiro atoms. The number of hydrogen-bond acceptors (Lipinski definition) is 5. The molecule has 2 aromatic rings. The predicted molar refractivity (Wildman–Crippen MR) is 84.3 cm³/mol. The van der Waals surface area contributed by atoms with E-state index in [0.717, 1.165) is 22.3 Å². The van der Waals surface area contributed by atoms with E-state index >= 15 is 0 Å². The van der Waals surface area contributed by atoms with Gasteiger partial charge in [-0.1, -0.05) is 13.0 Å². The molecule has 0 aliphatic rings. The standard InChI is InChI=1S/C14H17BrN4O/c1-3-9(2)20-11-6-4-5-10(7-11)18-13-12(15)8-17-14(16)19-13/h4-9H,3H2,1-2H3,(H3,16,17,18,19). The summed E-state index contributed by atoms with van der Waals surface area (Å²) in [6.07, 6.45) is 2.77. The zero-order valence-corrected chi connectivity index (χ0v) is 13.0.